The average molecular weight is 845 g/mol. The van der Waals surface area contributed by atoms with Crippen LogP contribution in [0.4, 0.5) is 4.79 Å². The van der Waals surface area contributed by atoms with Gasteiger partial charge in [-0.2, -0.15) is 0 Å². The number of aliphatic hydroxyl groups excluding tert-OH is 1. The van der Waals surface area contributed by atoms with E-state index in [1.165, 1.54) is 102 Å². The largest absolute Gasteiger partial charge is 0.508 e. The molecule has 0 aromatic carbocycles. The Morgan fingerprint density at radius 2 is 1.21 bits per heavy atom. The van der Waals surface area contributed by atoms with Gasteiger partial charge in [-0.05, 0) is 44.9 Å². The van der Waals surface area contributed by atoms with Crippen molar-refractivity contribution in [2.45, 2.75) is 185 Å². The Balaban J connectivity index is 2.97. The maximum absolute atomic E-state index is 14.0. The van der Waals surface area contributed by atoms with Crippen LogP contribution < -0.4 is 0 Å². The molecule has 0 aliphatic carbocycles. The van der Waals surface area contributed by atoms with Crippen LogP contribution in [0.25, 0.3) is 0 Å². The lowest BCUT2D eigenvalue weighted by Crippen LogP contribution is -2.61. The quantitative estimate of drug-likeness (QED) is 0.0272. The first-order valence-electron chi connectivity index (χ1n) is 22.2. The number of unbranched alkanes of at least 4 members (excludes halogenated alkanes) is 16. The second-order valence-electron chi connectivity index (χ2n) is 14.9. The molecule has 1 fully saturated rings. The van der Waals surface area contributed by atoms with Crippen molar-refractivity contribution in [3.8, 4) is 0 Å². The Labute approximate surface area is 352 Å². The number of carbonyl (C=O) groups excluding carboxylic acids is 1. The fraction of sp³-hybridized carbons (Fsp3) is 0.800. The fourth-order valence-electron chi connectivity index (χ4n) is 6.64. The smallest absolute Gasteiger partial charge is 0.431 e. The summed E-state index contributed by atoms with van der Waals surface area (Å²) >= 11 is 0. The molecule has 1 aliphatic heterocycles. The van der Waals surface area contributed by atoms with Gasteiger partial charge >= 0.3 is 14.0 Å². The molecule has 0 bridgehead atoms. The lowest BCUT2D eigenvalue weighted by atomic mass is 9.98. The second-order valence-corrected chi connectivity index (χ2v) is 16.5. The van der Waals surface area contributed by atoms with Crippen molar-refractivity contribution in [3.63, 3.8) is 0 Å². The molecule has 1 rings (SSSR count). The molecule has 338 valence electrons. The van der Waals surface area contributed by atoms with E-state index in [2.05, 4.69) is 45.7 Å². The van der Waals surface area contributed by atoms with E-state index in [9.17, 15) is 14.5 Å². The lowest BCUT2D eigenvalue weighted by molar-refractivity contribution is -0.302. The molecule has 0 spiro atoms. The maximum Gasteiger partial charge on any atom is 0.508 e. The normalized spacial score (nSPS) is 20.2. The molecule has 0 aromatic rings. The number of aliphatic hydroxyl groups is 1. The van der Waals surface area contributed by atoms with E-state index in [4.69, 9.17) is 42.0 Å². The van der Waals surface area contributed by atoms with Crippen molar-refractivity contribution < 1.29 is 56.5 Å². The summed E-state index contributed by atoms with van der Waals surface area (Å²) in [5.74, 6) is 0. The molecule has 0 amide bonds. The van der Waals surface area contributed by atoms with Crippen molar-refractivity contribution in [1.29, 1.82) is 0 Å². The first kappa shape index (κ1) is 54.2. The maximum atomic E-state index is 14.0. The molecule has 0 aromatic heterocycles. The summed E-state index contributed by atoms with van der Waals surface area (Å²) in [6.45, 7) is 15.0. The molecule has 58 heavy (non-hydrogen) atoms. The van der Waals surface area contributed by atoms with E-state index in [1.54, 1.807) is 7.11 Å². The van der Waals surface area contributed by atoms with Gasteiger partial charge in [-0.1, -0.05) is 141 Å². The first-order valence-corrected chi connectivity index (χ1v) is 23.7. The number of carbonyl (C=O) groups is 1. The van der Waals surface area contributed by atoms with Crippen LogP contribution in [-0.4, -0.2) is 94.8 Å². The minimum absolute atomic E-state index is 0.0521. The summed E-state index contributed by atoms with van der Waals surface area (Å²) in [5.41, 5.74) is 0. The highest BCUT2D eigenvalue weighted by atomic mass is 31.2. The predicted molar refractivity (Wildman–Crippen MR) is 231 cm³/mol. The number of ether oxygens (including phenoxy) is 6. The van der Waals surface area contributed by atoms with E-state index in [0.29, 0.717) is 13.0 Å². The summed E-state index contributed by atoms with van der Waals surface area (Å²) in [4.78, 5) is 12.3. The van der Waals surface area contributed by atoms with Crippen molar-refractivity contribution >= 4 is 14.0 Å². The Morgan fingerprint density at radius 3 is 1.79 bits per heavy atom. The number of allylic oxidation sites excluding steroid dienone is 2. The molecule has 1 heterocycles. The summed E-state index contributed by atoms with van der Waals surface area (Å²) < 4.78 is 65.8. The molecule has 1 N–H and O–H groups in total. The van der Waals surface area contributed by atoms with Gasteiger partial charge in [-0.25, -0.2) is 9.36 Å². The Hall–Kier alpha value is -1.86. The molecular weight excluding hydrogens is 763 g/mol. The summed E-state index contributed by atoms with van der Waals surface area (Å²) in [5, 5.41) is 11.3. The topological polar surface area (TPSA) is 137 Å². The lowest BCUT2D eigenvalue weighted by Gasteiger charge is -2.44. The van der Waals surface area contributed by atoms with E-state index >= 15 is 0 Å². The van der Waals surface area contributed by atoms with E-state index < -0.39 is 51.3 Å². The third kappa shape index (κ3) is 26.4. The molecule has 13 heteroatoms. The standard InChI is InChI=1S/C45H81O12P/c1-7-12-14-16-17-18-19-20-21-22-23-24-25-26-28-30-36-50-43-42(51-37-32-39(49-6)31-29-27-15-13-8-2)41(57-58(48,54-34-10-4)55-35-11-5)40(56-44(43)46)38-53-45(47)52-33-9-3/h9-11,18-19,39-44,46H,3-5,7-8,12-17,20-38H2,1-2,6H3/t39-,40-,41-,42+,43-,44?/m1/s1. The highest BCUT2D eigenvalue weighted by molar-refractivity contribution is 7.48. The zero-order valence-electron chi connectivity index (χ0n) is 36.4. The minimum Gasteiger partial charge on any atom is -0.431 e. The summed E-state index contributed by atoms with van der Waals surface area (Å²) in [6, 6.07) is 0. The van der Waals surface area contributed by atoms with Gasteiger partial charge < -0.3 is 33.5 Å². The number of phosphoric ester groups is 1. The van der Waals surface area contributed by atoms with Gasteiger partial charge in [-0.3, -0.25) is 13.6 Å². The molecular formula is C45H81O12P. The van der Waals surface area contributed by atoms with Gasteiger partial charge in [-0.15, -0.1) is 13.2 Å². The van der Waals surface area contributed by atoms with E-state index in [0.717, 1.165) is 44.9 Å². The van der Waals surface area contributed by atoms with Gasteiger partial charge in [0, 0.05) is 20.3 Å². The van der Waals surface area contributed by atoms with Crippen LogP contribution in [0.15, 0.2) is 50.1 Å². The van der Waals surface area contributed by atoms with Crippen molar-refractivity contribution in [2.24, 2.45) is 0 Å². The summed E-state index contributed by atoms with van der Waals surface area (Å²) in [6.07, 6.45) is 25.6. The third-order valence-electron chi connectivity index (χ3n) is 9.93. The highest BCUT2D eigenvalue weighted by Crippen LogP contribution is 2.52. The number of methoxy groups -OCH3 is 1. The van der Waals surface area contributed by atoms with Gasteiger partial charge in [0.05, 0.1) is 19.3 Å². The van der Waals surface area contributed by atoms with Gasteiger partial charge in [0.1, 0.15) is 37.6 Å². The summed E-state index contributed by atoms with van der Waals surface area (Å²) in [7, 11) is -2.62. The zero-order valence-corrected chi connectivity index (χ0v) is 37.3. The first-order chi connectivity index (χ1) is 28.3. The molecule has 1 saturated heterocycles. The Morgan fingerprint density at radius 1 is 0.672 bits per heavy atom. The average Bonchev–Trinajstić information content (AvgIpc) is 3.22. The van der Waals surface area contributed by atoms with Crippen LogP contribution in [0.3, 0.4) is 0 Å². The Bertz CT molecular complexity index is 1090. The van der Waals surface area contributed by atoms with Crippen molar-refractivity contribution in [3.05, 3.63) is 50.1 Å². The number of hydrogen-bond donors (Lipinski definition) is 1. The molecule has 1 unspecified atom stereocenters. The number of rotatable bonds is 40. The van der Waals surface area contributed by atoms with Crippen molar-refractivity contribution in [2.75, 3.05) is 46.8 Å². The molecule has 1 aliphatic rings. The van der Waals surface area contributed by atoms with E-state index in [1.807, 2.05) is 0 Å². The molecule has 6 atom stereocenters. The number of phosphoric acid groups is 1. The Kier molecular flexibility index (Phi) is 34.5. The second kappa shape index (κ2) is 36.9. The van der Waals surface area contributed by atoms with Crippen LogP contribution in [-0.2, 0) is 46.6 Å². The fourth-order valence-corrected chi connectivity index (χ4v) is 7.96. The number of hydrogen-bond acceptors (Lipinski definition) is 12. The van der Waals surface area contributed by atoms with Gasteiger partial charge in [0.25, 0.3) is 0 Å². The molecule has 12 nitrogen and oxygen atoms in total. The van der Waals surface area contributed by atoms with Gasteiger partial charge in [0.15, 0.2) is 6.29 Å². The highest BCUT2D eigenvalue weighted by Gasteiger charge is 2.51. The molecule has 0 radical (unpaired) electrons. The SMILES string of the molecule is C=CCOC(=O)OC[C@H]1OC(O)[C@H](OCCCCCCCCCCC=CCCCCCC)[C@@H](OCC[C@@H](CCCCCCC)OC)[C@@H]1OP(=O)(OCC=C)OCC=C. The third-order valence-corrected chi connectivity index (χ3v) is 11.4. The minimum atomic E-state index is -4.31. The van der Waals surface area contributed by atoms with Crippen molar-refractivity contribution in [1.82, 2.24) is 0 Å². The molecule has 0 saturated carbocycles. The monoisotopic (exact) mass is 845 g/mol. The van der Waals surface area contributed by atoms with Crippen LogP contribution in [0, 0.1) is 0 Å². The van der Waals surface area contributed by atoms with Crippen LogP contribution in [0.5, 0.6) is 0 Å². The zero-order chi connectivity index (χ0) is 42.5. The van der Waals surface area contributed by atoms with Crippen LogP contribution in [0.2, 0.25) is 0 Å². The van der Waals surface area contributed by atoms with Gasteiger partial charge in [0.2, 0.25) is 0 Å². The van der Waals surface area contributed by atoms with Crippen LogP contribution in [0.1, 0.15) is 149 Å². The van der Waals surface area contributed by atoms with Crippen LogP contribution >= 0.6 is 7.82 Å². The predicted octanol–water partition coefficient (Wildman–Crippen LogP) is 11.5. The van der Waals surface area contributed by atoms with E-state index in [-0.39, 0.29) is 32.5 Å².